The van der Waals surface area contributed by atoms with Gasteiger partial charge in [0.05, 0.1) is 5.54 Å². The van der Waals surface area contributed by atoms with Gasteiger partial charge in [-0.15, -0.1) is 0 Å². The van der Waals surface area contributed by atoms with Crippen LogP contribution in [0.1, 0.15) is 30.7 Å². The lowest BCUT2D eigenvalue weighted by Gasteiger charge is -2.39. The first-order chi connectivity index (χ1) is 8.79. The van der Waals surface area contributed by atoms with E-state index in [1.54, 1.807) is 0 Å². The first kappa shape index (κ1) is 10.4. The highest BCUT2D eigenvalue weighted by Crippen LogP contribution is 2.58. The number of benzene rings is 1. The molecule has 18 heavy (non-hydrogen) atoms. The Labute approximate surface area is 107 Å². The zero-order valence-corrected chi connectivity index (χ0v) is 10.3. The van der Waals surface area contributed by atoms with Crippen molar-refractivity contribution in [3.8, 4) is 0 Å². The molecule has 2 heteroatoms. The molecule has 4 rings (SSSR count). The lowest BCUT2D eigenvalue weighted by molar-refractivity contribution is -0.120. The van der Waals surface area contributed by atoms with Crippen LogP contribution < -0.4 is 5.32 Å². The Bertz CT molecular complexity index is 521. The number of allylic oxidation sites excluding steroid dienone is 1. The SMILES string of the molecule is O=C1CCC2(N1)C1C=CC(C1)C2c1ccccc1. The molecule has 1 aromatic carbocycles. The molecule has 1 aliphatic heterocycles. The standard InChI is InChI=1S/C16H17NO/c18-14-8-9-16(17-14)13-7-6-12(10-13)15(16)11-4-2-1-3-5-11/h1-7,12-13,15H,8-10H2,(H,17,18). The molecule has 1 saturated heterocycles. The first-order valence-electron chi connectivity index (χ1n) is 6.84. The van der Waals surface area contributed by atoms with Gasteiger partial charge in [-0.05, 0) is 24.3 Å². The molecule has 1 N–H and O–H groups in total. The summed E-state index contributed by atoms with van der Waals surface area (Å²) in [7, 11) is 0. The van der Waals surface area contributed by atoms with Crippen LogP contribution in [-0.2, 0) is 4.79 Å². The van der Waals surface area contributed by atoms with E-state index in [4.69, 9.17) is 0 Å². The van der Waals surface area contributed by atoms with Gasteiger partial charge in [0.1, 0.15) is 0 Å². The van der Waals surface area contributed by atoms with E-state index in [1.165, 1.54) is 12.0 Å². The summed E-state index contributed by atoms with van der Waals surface area (Å²) in [6.07, 6.45) is 7.59. The van der Waals surface area contributed by atoms with Crippen LogP contribution in [0.4, 0.5) is 0 Å². The summed E-state index contributed by atoms with van der Waals surface area (Å²) in [5, 5.41) is 3.32. The largest absolute Gasteiger partial charge is 0.349 e. The monoisotopic (exact) mass is 239 g/mol. The first-order valence-corrected chi connectivity index (χ1v) is 6.84. The van der Waals surface area contributed by atoms with Crippen molar-refractivity contribution >= 4 is 5.91 Å². The van der Waals surface area contributed by atoms with Gasteiger partial charge in [0, 0.05) is 18.3 Å². The van der Waals surface area contributed by atoms with Gasteiger partial charge in [0.25, 0.3) is 0 Å². The summed E-state index contributed by atoms with van der Waals surface area (Å²) >= 11 is 0. The lowest BCUT2D eigenvalue weighted by atomic mass is 9.71. The van der Waals surface area contributed by atoms with E-state index >= 15 is 0 Å². The van der Waals surface area contributed by atoms with Crippen LogP contribution in [0.5, 0.6) is 0 Å². The van der Waals surface area contributed by atoms with Crippen molar-refractivity contribution in [1.29, 1.82) is 0 Å². The van der Waals surface area contributed by atoms with Gasteiger partial charge in [-0.1, -0.05) is 42.5 Å². The van der Waals surface area contributed by atoms with E-state index in [0.717, 1.165) is 6.42 Å². The van der Waals surface area contributed by atoms with Crippen molar-refractivity contribution in [2.24, 2.45) is 11.8 Å². The highest BCUT2D eigenvalue weighted by atomic mass is 16.2. The Morgan fingerprint density at radius 3 is 2.72 bits per heavy atom. The van der Waals surface area contributed by atoms with Gasteiger partial charge in [-0.2, -0.15) is 0 Å². The van der Waals surface area contributed by atoms with Crippen LogP contribution in [0.15, 0.2) is 42.5 Å². The molecule has 0 aromatic heterocycles. The molecule has 1 spiro atoms. The lowest BCUT2D eigenvalue weighted by Crippen LogP contribution is -2.49. The summed E-state index contributed by atoms with van der Waals surface area (Å²) in [5.41, 5.74) is 1.40. The number of hydrogen-bond donors (Lipinski definition) is 1. The fourth-order valence-corrected chi connectivity index (χ4v) is 4.39. The van der Waals surface area contributed by atoms with Gasteiger partial charge in [0.15, 0.2) is 0 Å². The van der Waals surface area contributed by atoms with Crippen LogP contribution >= 0.6 is 0 Å². The van der Waals surface area contributed by atoms with E-state index in [1.807, 2.05) is 0 Å². The molecule has 4 unspecified atom stereocenters. The summed E-state index contributed by atoms with van der Waals surface area (Å²) in [6.45, 7) is 0. The Morgan fingerprint density at radius 2 is 2.00 bits per heavy atom. The average molecular weight is 239 g/mol. The van der Waals surface area contributed by atoms with Crippen LogP contribution in [0.3, 0.4) is 0 Å². The minimum absolute atomic E-state index is 0.0118. The topological polar surface area (TPSA) is 29.1 Å². The second kappa shape index (κ2) is 3.47. The molecule has 1 aromatic rings. The molecule has 2 fully saturated rings. The second-order valence-corrected chi connectivity index (χ2v) is 5.87. The highest BCUT2D eigenvalue weighted by molar-refractivity contribution is 5.80. The van der Waals surface area contributed by atoms with Gasteiger partial charge in [-0.25, -0.2) is 0 Å². The van der Waals surface area contributed by atoms with Crippen molar-refractivity contribution in [2.75, 3.05) is 0 Å². The Morgan fingerprint density at radius 1 is 1.17 bits per heavy atom. The maximum Gasteiger partial charge on any atom is 0.220 e. The number of amides is 1. The Kier molecular flexibility index (Phi) is 2.00. The molecule has 1 saturated carbocycles. The smallest absolute Gasteiger partial charge is 0.220 e. The maximum absolute atomic E-state index is 11.7. The minimum Gasteiger partial charge on any atom is -0.349 e. The van der Waals surface area contributed by atoms with E-state index in [9.17, 15) is 4.79 Å². The Hall–Kier alpha value is -1.57. The third-order valence-corrected chi connectivity index (χ3v) is 5.06. The maximum atomic E-state index is 11.7. The number of rotatable bonds is 1. The van der Waals surface area contributed by atoms with Crippen molar-refractivity contribution in [3.63, 3.8) is 0 Å². The number of carbonyl (C=O) groups excluding carboxylic acids is 1. The van der Waals surface area contributed by atoms with E-state index in [0.29, 0.717) is 24.2 Å². The molecular weight excluding hydrogens is 222 g/mol. The van der Waals surface area contributed by atoms with Crippen LogP contribution in [0, 0.1) is 11.8 Å². The molecule has 2 bridgehead atoms. The number of nitrogens with one attached hydrogen (secondary N) is 1. The molecule has 1 heterocycles. The zero-order valence-electron chi connectivity index (χ0n) is 10.3. The molecule has 92 valence electrons. The number of fused-ring (bicyclic) bond motifs is 3. The highest BCUT2D eigenvalue weighted by Gasteiger charge is 2.58. The molecule has 2 aliphatic carbocycles. The predicted molar refractivity (Wildman–Crippen MR) is 70.0 cm³/mol. The zero-order chi connectivity index (χ0) is 12.2. The van der Waals surface area contributed by atoms with Crippen LogP contribution in [-0.4, -0.2) is 11.4 Å². The average Bonchev–Trinajstić information content (AvgIpc) is 3.06. The van der Waals surface area contributed by atoms with Crippen molar-refractivity contribution in [1.82, 2.24) is 5.32 Å². The summed E-state index contributed by atoms with van der Waals surface area (Å²) < 4.78 is 0. The van der Waals surface area contributed by atoms with Gasteiger partial charge < -0.3 is 5.32 Å². The Balaban J connectivity index is 1.81. The van der Waals surface area contributed by atoms with Crippen molar-refractivity contribution in [2.45, 2.75) is 30.7 Å². The van der Waals surface area contributed by atoms with Crippen molar-refractivity contribution < 1.29 is 4.79 Å². The summed E-state index contributed by atoms with van der Waals surface area (Å²) in [5.74, 6) is 1.85. The van der Waals surface area contributed by atoms with Crippen molar-refractivity contribution in [3.05, 3.63) is 48.0 Å². The molecule has 3 aliphatic rings. The predicted octanol–water partition coefficient (Wildman–Crippen LogP) is 2.62. The third kappa shape index (κ3) is 1.21. The fourth-order valence-electron chi connectivity index (χ4n) is 4.39. The summed E-state index contributed by atoms with van der Waals surface area (Å²) in [6, 6.07) is 10.7. The molecule has 2 nitrogen and oxygen atoms in total. The van der Waals surface area contributed by atoms with Gasteiger partial charge in [-0.3, -0.25) is 4.79 Å². The van der Waals surface area contributed by atoms with Gasteiger partial charge >= 0.3 is 0 Å². The normalized spacial score (nSPS) is 40.7. The number of carbonyl (C=O) groups is 1. The van der Waals surface area contributed by atoms with E-state index in [-0.39, 0.29) is 11.4 Å². The fraction of sp³-hybridized carbons (Fsp3) is 0.438. The quantitative estimate of drug-likeness (QED) is 0.750. The van der Waals surface area contributed by atoms with Crippen LogP contribution in [0.2, 0.25) is 0 Å². The van der Waals surface area contributed by atoms with E-state index < -0.39 is 0 Å². The second-order valence-electron chi connectivity index (χ2n) is 5.87. The van der Waals surface area contributed by atoms with Gasteiger partial charge in [0.2, 0.25) is 5.91 Å². The third-order valence-electron chi connectivity index (χ3n) is 5.06. The number of hydrogen-bond acceptors (Lipinski definition) is 1. The molecule has 4 atom stereocenters. The van der Waals surface area contributed by atoms with E-state index in [2.05, 4.69) is 47.8 Å². The minimum atomic E-state index is 0.0118. The summed E-state index contributed by atoms with van der Waals surface area (Å²) in [4.78, 5) is 11.7. The van der Waals surface area contributed by atoms with Crippen LogP contribution in [0.25, 0.3) is 0 Å². The molecular formula is C16H17NO. The molecule has 0 radical (unpaired) electrons. The molecule has 1 amide bonds.